The number of nitrogens with one attached hydrogen (secondary N) is 1. The molecule has 4 heteroatoms. The lowest BCUT2D eigenvalue weighted by Crippen LogP contribution is -2.24. The van der Waals surface area contributed by atoms with Gasteiger partial charge in [0.2, 0.25) is 0 Å². The Balaban J connectivity index is 2.40. The third-order valence-corrected chi connectivity index (χ3v) is 4.22. The summed E-state index contributed by atoms with van der Waals surface area (Å²) in [6.45, 7) is 5.24. The number of aryl methyl sites for hydroxylation is 1. The number of ether oxygens (including phenoxy) is 1. The molecule has 1 atom stereocenters. The summed E-state index contributed by atoms with van der Waals surface area (Å²) >= 11 is 3.66. The van der Waals surface area contributed by atoms with Crippen LogP contribution in [0.4, 0.5) is 0 Å². The first-order chi connectivity index (χ1) is 10.2. The lowest BCUT2D eigenvalue weighted by molar-refractivity contribution is 0.414. The summed E-state index contributed by atoms with van der Waals surface area (Å²) in [7, 11) is 1.68. The first-order valence-electron chi connectivity index (χ1n) is 7.34. The minimum absolute atomic E-state index is 0.124. The quantitative estimate of drug-likeness (QED) is 0.784. The Labute approximate surface area is 134 Å². The SMILES string of the molecule is CCCNC(c1ccc(OC)cc1Br)c1ccoc1CC. The smallest absolute Gasteiger partial charge is 0.120 e. The number of methoxy groups -OCH3 is 1. The number of furan rings is 1. The highest BCUT2D eigenvalue weighted by atomic mass is 79.9. The molecule has 3 nitrogen and oxygen atoms in total. The monoisotopic (exact) mass is 351 g/mol. The molecular weight excluding hydrogens is 330 g/mol. The van der Waals surface area contributed by atoms with Gasteiger partial charge in [-0.25, -0.2) is 0 Å². The Kier molecular flexibility index (Phi) is 5.88. The van der Waals surface area contributed by atoms with Crippen LogP contribution < -0.4 is 10.1 Å². The highest BCUT2D eigenvalue weighted by Crippen LogP contribution is 2.33. The first-order valence-corrected chi connectivity index (χ1v) is 8.13. The minimum Gasteiger partial charge on any atom is -0.497 e. The van der Waals surface area contributed by atoms with E-state index in [9.17, 15) is 0 Å². The zero-order valence-corrected chi connectivity index (χ0v) is 14.4. The van der Waals surface area contributed by atoms with Gasteiger partial charge < -0.3 is 14.5 Å². The van der Waals surface area contributed by atoms with Gasteiger partial charge in [0.15, 0.2) is 0 Å². The van der Waals surface area contributed by atoms with Crippen LogP contribution in [-0.4, -0.2) is 13.7 Å². The van der Waals surface area contributed by atoms with Crippen LogP contribution in [-0.2, 0) is 6.42 Å². The molecule has 0 saturated carbocycles. The molecule has 1 heterocycles. The molecular formula is C17H22BrNO2. The van der Waals surface area contributed by atoms with Gasteiger partial charge >= 0.3 is 0 Å². The van der Waals surface area contributed by atoms with Crippen LogP contribution in [0.1, 0.15) is 43.2 Å². The maximum atomic E-state index is 5.60. The summed E-state index contributed by atoms with van der Waals surface area (Å²) in [5.74, 6) is 1.88. The molecule has 0 aliphatic heterocycles. The van der Waals surface area contributed by atoms with E-state index in [-0.39, 0.29) is 6.04 Å². The van der Waals surface area contributed by atoms with Gasteiger partial charge in [-0.05, 0) is 36.7 Å². The fourth-order valence-corrected chi connectivity index (χ4v) is 3.03. The molecule has 0 aliphatic carbocycles. The van der Waals surface area contributed by atoms with Crippen molar-refractivity contribution in [1.82, 2.24) is 5.32 Å². The number of benzene rings is 1. The maximum absolute atomic E-state index is 5.60. The molecule has 1 aromatic heterocycles. The number of rotatable bonds is 7. The summed E-state index contributed by atoms with van der Waals surface area (Å²) in [5, 5.41) is 3.61. The first kappa shape index (κ1) is 16.1. The number of hydrogen-bond acceptors (Lipinski definition) is 3. The van der Waals surface area contributed by atoms with E-state index in [4.69, 9.17) is 9.15 Å². The maximum Gasteiger partial charge on any atom is 0.120 e. The van der Waals surface area contributed by atoms with Crippen LogP contribution in [0.2, 0.25) is 0 Å². The molecule has 0 spiro atoms. The molecule has 2 aromatic rings. The third kappa shape index (κ3) is 3.69. The van der Waals surface area contributed by atoms with Gasteiger partial charge in [0.05, 0.1) is 19.4 Å². The standard InChI is InChI=1S/C17H22BrNO2/c1-4-9-19-17(14-8-10-21-16(14)5-2)13-7-6-12(20-3)11-15(13)18/h6-8,10-11,17,19H,4-5,9H2,1-3H3. The van der Waals surface area contributed by atoms with Gasteiger partial charge in [0, 0.05) is 16.5 Å². The van der Waals surface area contributed by atoms with Crippen molar-refractivity contribution in [2.75, 3.05) is 13.7 Å². The predicted molar refractivity (Wildman–Crippen MR) is 88.9 cm³/mol. The van der Waals surface area contributed by atoms with Crippen molar-refractivity contribution in [1.29, 1.82) is 0 Å². The van der Waals surface area contributed by atoms with Gasteiger partial charge in [-0.2, -0.15) is 0 Å². The zero-order chi connectivity index (χ0) is 15.2. The van der Waals surface area contributed by atoms with E-state index < -0.39 is 0 Å². The molecule has 0 amide bonds. The second-order valence-corrected chi connectivity index (χ2v) is 5.78. The highest BCUT2D eigenvalue weighted by molar-refractivity contribution is 9.10. The summed E-state index contributed by atoms with van der Waals surface area (Å²) in [4.78, 5) is 0. The van der Waals surface area contributed by atoms with Crippen molar-refractivity contribution < 1.29 is 9.15 Å². The van der Waals surface area contributed by atoms with E-state index in [1.165, 1.54) is 11.1 Å². The van der Waals surface area contributed by atoms with E-state index >= 15 is 0 Å². The van der Waals surface area contributed by atoms with E-state index in [1.807, 2.05) is 12.1 Å². The number of hydrogen-bond donors (Lipinski definition) is 1. The van der Waals surface area contributed by atoms with Gasteiger partial charge in [-0.3, -0.25) is 0 Å². The van der Waals surface area contributed by atoms with Crippen molar-refractivity contribution in [3.63, 3.8) is 0 Å². The summed E-state index contributed by atoms with van der Waals surface area (Å²) in [6, 6.07) is 8.28. The minimum atomic E-state index is 0.124. The Morgan fingerprint density at radius 1 is 1.24 bits per heavy atom. The Hall–Kier alpha value is -1.26. The van der Waals surface area contributed by atoms with Crippen molar-refractivity contribution in [2.24, 2.45) is 0 Å². The van der Waals surface area contributed by atoms with Crippen molar-refractivity contribution in [3.8, 4) is 5.75 Å². The molecule has 2 rings (SSSR count). The Morgan fingerprint density at radius 3 is 2.67 bits per heavy atom. The molecule has 114 valence electrons. The van der Waals surface area contributed by atoms with Crippen molar-refractivity contribution in [2.45, 2.75) is 32.7 Å². The van der Waals surface area contributed by atoms with Crippen LogP contribution in [0.5, 0.6) is 5.75 Å². The highest BCUT2D eigenvalue weighted by Gasteiger charge is 2.20. The Morgan fingerprint density at radius 2 is 2.05 bits per heavy atom. The molecule has 21 heavy (non-hydrogen) atoms. The fraction of sp³-hybridized carbons (Fsp3) is 0.412. The topological polar surface area (TPSA) is 34.4 Å². The lowest BCUT2D eigenvalue weighted by Gasteiger charge is -2.21. The van der Waals surface area contributed by atoms with Crippen LogP contribution >= 0.6 is 15.9 Å². The van der Waals surface area contributed by atoms with Gasteiger partial charge in [0.25, 0.3) is 0 Å². The van der Waals surface area contributed by atoms with Crippen LogP contribution in [0, 0.1) is 0 Å². The molecule has 0 fully saturated rings. The number of halogens is 1. The zero-order valence-electron chi connectivity index (χ0n) is 12.8. The van der Waals surface area contributed by atoms with E-state index in [0.717, 1.165) is 35.4 Å². The summed E-state index contributed by atoms with van der Waals surface area (Å²) in [5.41, 5.74) is 2.40. The van der Waals surface area contributed by atoms with Gasteiger partial charge in [-0.1, -0.05) is 35.8 Å². The van der Waals surface area contributed by atoms with Gasteiger partial charge in [-0.15, -0.1) is 0 Å². The third-order valence-electron chi connectivity index (χ3n) is 3.53. The lowest BCUT2D eigenvalue weighted by atomic mass is 9.98. The van der Waals surface area contributed by atoms with Crippen molar-refractivity contribution >= 4 is 15.9 Å². The molecule has 1 unspecified atom stereocenters. The van der Waals surface area contributed by atoms with Gasteiger partial charge in [0.1, 0.15) is 11.5 Å². The largest absolute Gasteiger partial charge is 0.497 e. The molecule has 0 bridgehead atoms. The average molecular weight is 352 g/mol. The van der Waals surface area contributed by atoms with E-state index in [1.54, 1.807) is 13.4 Å². The van der Waals surface area contributed by atoms with E-state index in [0.29, 0.717) is 0 Å². The second-order valence-electron chi connectivity index (χ2n) is 4.93. The second kappa shape index (κ2) is 7.66. The fourth-order valence-electron chi connectivity index (χ4n) is 2.44. The van der Waals surface area contributed by atoms with Crippen LogP contribution in [0.15, 0.2) is 39.4 Å². The molecule has 1 N–H and O–H groups in total. The van der Waals surface area contributed by atoms with Crippen LogP contribution in [0.25, 0.3) is 0 Å². The van der Waals surface area contributed by atoms with Crippen molar-refractivity contribution in [3.05, 3.63) is 51.9 Å². The summed E-state index contributed by atoms with van der Waals surface area (Å²) in [6.07, 6.45) is 3.75. The normalized spacial score (nSPS) is 12.4. The Bertz CT molecular complexity index is 580. The van der Waals surface area contributed by atoms with E-state index in [2.05, 4.69) is 47.2 Å². The summed E-state index contributed by atoms with van der Waals surface area (Å²) < 4.78 is 11.9. The molecule has 0 saturated heterocycles. The molecule has 0 aliphatic rings. The average Bonchev–Trinajstić information content (AvgIpc) is 2.97. The predicted octanol–water partition coefficient (Wildman–Crippen LogP) is 4.70. The molecule has 1 aromatic carbocycles. The molecule has 0 radical (unpaired) electrons. The van der Waals surface area contributed by atoms with Crippen LogP contribution in [0.3, 0.4) is 0 Å².